The summed E-state index contributed by atoms with van der Waals surface area (Å²) in [5, 5.41) is 8.65. The fourth-order valence-corrected chi connectivity index (χ4v) is 0.913. The van der Waals surface area contributed by atoms with Crippen LogP contribution in [-0.2, 0) is 0 Å². The van der Waals surface area contributed by atoms with Crippen LogP contribution in [0.25, 0.3) is 0 Å². The molecule has 0 atom stereocenters. The standard InChI is InChI=1S/C10H16N2.C2H6/c1-4-7-10(5-2)8-12(6-3)9-11;1-2/h5,7H,2,4,6,8H2,1,3H3;1-2H3/b10-7+;. The molecular weight excluding hydrogens is 172 g/mol. The molecule has 80 valence electrons. The number of hydrogen-bond acceptors (Lipinski definition) is 2. The lowest BCUT2D eigenvalue weighted by Gasteiger charge is -2.12. The lowest BCUT2D eigenvalue weighted by molar-refractivity contribution is 0.450. The highest BCUT2D eigenvalue weighted by Gasteiger charge is 1.98. The van der Waals surface area contributed by atoms with Crippen LogP contribution in [0.1, 0.15) is 34.1 Å². The van der Waals surface area contributed by atoms with E-state index in [1.807, 2.05) is 26.8 Å². The zero-order valence-electron chi connectivity index (χ0n) is 9.88. The Morgan fingerprint density at radius 2 is 2.00 bits per heavy atom. The van der Waals surface area contributed by atoms with Gasteiger partial charge in [-0.2, -0.15) is 5.26 Å². The molecule has 0 radical (unpaired) electrons. The third-order valence-electron chi connectivity index (χ3n) is 1.63. The molecule has 0 saturated heterocycles. The van der Waals surface area contributed by atoms with Crippen LogP contribution >= 0.6 is 0 Å². The van der Waals surface area contributed by atoms with E-state index in [0.29, 0.717) is 6.54 Å². The third-order valence-corrected chi connectivity index (χ3v) is 1.63. The van der Waals surface area contributed by atoms with Gasteiger partial charge in [0.15, 0.2) is 6.19 Å². The van der Waals surface area contributed by atoms with Gasteiger partial charge in [0.1, 0.15) is 0 Å². The molecule has 0 spiro atoms. The SMILES string of the molecule is C=C/C(=C\CC)CN(C#N)CC.CC. The molecule has 0 unspecified atom stereocenters. The van der Waals surface area contributed by atoms with Gasteiger partial charge in [0, 0.05) is 6.54 Å². The van der Waals surface area contributed by atoms with E-state index >= 15 is 0 Å². The molecule has 0 N–H and O–H groups in total. The van der Waals surface area contributed by atoms with E-state index in [1.54, 1.807) is 4.90 Å². The maximum Gasteiger partial charge on any atom is 0.179 e. The number of allylic oxidation sites excluding steroid dienone is 1. The van der Waals surface area contributed by atoms with E-state index in [1.165, 1.54) is 0 Å². The van der Waals surface area contributed by atoms with Crippen molar-refractivity contribution >= 4 is 0 Å². The zero-order chi connectivity index (χ0) is 11.4. The maximum absolute atomic E-state index is 8.65. The second-order valence-electron chi connectivity index (χ2n) is 2.51. The van der Waals surface area contributed by atoms with Crippen LogP contribution in [-0.4, -0.2) is 18.0 Å². The highest BCUT2D eigenvalue weighted by Crippen LogP contribution is 2.00. The van der Waals surface area contributed by atoms with E-state index in [9.17, 15) is 0 Å². The van der Waals surface area contributed by atoms with Crippen LogP contribution in [0.5, 0.6) is 0 Å². The predicted molar refractivity (Wildman–Crippen MR) is 62.8 cm³/mol. The van der Waals surface area contributed by atoms with Crippen molar-refractivity contribution in [2.24, 2.45) is 0 Å². The summed E-state index contributed by atoms with van der Waals surface area (Å²) >= 11 is 0. The Labute approximate surface area is 88.5 Å². The summed E-state index contributed by atoms with van der Waals surface area (Å²) in [7, 11) is 0. The van der Waals surface area contributed by atoms with Crippen molar-refractivity contribution in [3.05, 3.63) is 24.3 Å². The van der Waals surface area contributed by atoms with Crippen LogP contribution in [0.3, 0.4) is 0 Å². The van der Waals surface area contributed by atoms with Gasteiger partial charge in [0.25, 0.3) is 0 Å². The number of nitriles is 1. The van der Waals surface area contributed by atoms with Gasteiger partial charge in [-0.3, -0.25) is 0 Å². The first-order chi connectivity index (χ1) is 6.78. The molecule has 0 aliphatic carbocycles. The second kappa shape index (κ2) is 11.8. The number of nitrogens with zero attached hydrogens (tertiary/aromatic N) is 2. The Morgan fingerprint density at radius 1 is 1.43 bits per heavy atom. The number of likely N-dealkylation sites (N-methyl/N-ethyl adjacent to an activating group) is 1. The minimum atomic E-state index is 0.685. The van der Waals surface area contributed by atoms with Gasteiger partial charge in [-0.05, 0) is 18.9 Å². The normalized spacial score (nSPS) is 9.50. The Kier molecular flexibility index (Phi) is 12.8. The molecule has 0 rings (SSSR count). The van der Waals surface area contributed by atoms with Crippen molar-refractivity contribution in [3.63, 3.8) is 0 Å². The number of hydrogen-bond donors (Lipinski definition) is 0. The first kappa shape index (κ1) is 15.3. The molecule has 2 nitrogen and oxygen atoms in total. The molecule has 0 bridgehead atoms. The molecule has 0 amide bonds. The summed E-state index contributed by atoms with van der Waals surface area (Å²) < 4.78 is 0. The van der Waals surface area contributed by atoms with Gasteiger partial charge in [-0.1, -0.05) is 39.5 Å². The van der Waals surface area contributed by atoms with Gasteiger partial charge < -0.3 is 4.90 Å². The summed E-state index contributed by atoms with van der Waals surface area (Å²) in [5.74, 6) is 0. The first-order valence-electron chi connectivity index (χ1n) is 5.24. The number of rotatable bonds is 5. The molecule has 0 fully saturated rings. The average molecular weight is 194 g/mol. The minimum absolute atomic E-state index is 0.685. The van der Waals surface area contributed by atoms with Crippen molar-refractivity contribution in [1.29, 1.82) is 5.26 Å². The lowest BCUT2D eigenvalue weighted by Crippen LogP contribution is -2.19. The first-order valence-corrected chi connectivity index (χ1v) is 5.24. The summed E-state index contributed by atoms with van der Waals surface area (Å²) in [5.41, 5.74) is 1.13. The molecule has 2 heteroatoms. The molecule has 0 aromatic heterocycles. The van der Waals surface area contributed by atoms with E-state index in [0.717, 1.165) is 18.5 Å². The Balaban J connectivity index is 0. The van der Waals surface area contributed by atoms with Crippen molar-refractivity contribution in [2.45, 2.75) is 34.1 Å². The summed E-state index contributed by atoms with van der Waals surface area (Å²) in [6, 6.07) is 0. The van der Waals surface area contributed by atoms with Gasteiger partial charge in [0.2, 0.25) is 0 Å². The Morgan fingerprint density at radius 3 is 2.29 bits per heavy atom. The fraction of sp³-hybridized carbons (Fsp3) is 0.583. The highest BCUT2D eigenvalue weighted by molar-refractivity contribution is 5.18. The van der Waals surface area contributed by atoms with Crippen LogP contribution in [0, 0.1) is 11.5 Å². The highest BCUT2D eigenvalue weighted by atomic mass is 15.1. The summed E-state index contributed by atoms with van der Waals surface area (Å²) in [6.07, 6.45) is 7.01. The molecule has 0 aliphatic heterocycles. The van der Waals surface area contributed by atoms with Crippen LogP contribution in [0.2, 0.25) is 0 Å². The molecule has 0 aliphatic rings. The van der Waals surface area contributed by atoms with Crippen LogP contribution in [0.15, 0.2) is 24.3 Å². The van der Waals surface area contributed by atoms with Gasteiger partial charge in [-0.15, -0.1) is 0 Å². The molecule has 0 heterocycles. The van der Waals surface area contributed by atoms with Crippen molar-refractivity contribution in [2.75, 3.05) is 13.1 Å². The quantitative estimate of drug-likeness (QED) is 0.381. The Hall–Kier alpha value is -1.23. The fourth-order valence-electron chi connectivity index (χ4n) is 0.913. The van der Waals surface area contributed by atoms with Crippen LogP contribution in [0.4, 0.5) is 0 Å². The monoisotopic (exact) mass is 194 g/mol. The van der Waals surface area contributed by atoms with Gasteiger partial charge in [-0.25, -0.2) is 0 Å². The largest absolute Gasteiger partial charge is 0.307 e. The summed E-state index contributed by atoms with van der Waals surface area (Å²) in [4.78, 5) is 1.70. The third kappa shape index (κ3) is 7.42. The molecule has 0 aromatic rings. The molecule has 0 aromatic carbocycles. The Bertz CT molecular complexity index is 199. The predicted octanol–water partition coefficient (Wildman–Crippen LogP) is 3.34. The van der Waals surface area contributed by atoms with Gasteiger partial charge in [0.05, 0.1) is 6.54 Å². The smallest absolute Gasteiger partial charge is 0.179 e. The summed E-state index contributed by atoms with van der Waals surface area (Å²) in [6.45, 7) is 13.2. The van der Waals surface area contributed by atoms with E-state index in [-0.39, 0.29) is 0 Å². The van der Waals surface area contributed by atoms with E-state index in [2.05, 4.69) is 25.8 Å². The molecular formula is C12H22N2. The zero-order valence-corrected chi connectivity index (χ0v) is 9.88. The lowest BCUT2D eigenvalue weighted by atomic mass is 10.2. The van der Waals surface area contributed by atoms with Crippen LogP contribution < -0.4 is 0 Å². The maximum atomic E-state index is 8.65. The van der Waals surface area contributed by atoms with Crippen molar-refractivity contribution in [3.8, 4) is 6.19 Å². The molecule has 0 saturated carbocycles. The second-order valence-corrected chi connectivity index (χ2v) is 2.51. The van der Waals surface area contributed by atoms with Crippen molar-refractivity contribution < 1.29 is 0 Å². The van der Waals surface area contributed by atoms with Gasteiger partial charge >= 0.3 is 0 Å². The minimum Gasteiger partial charge on any atom is -0.307 e. The van der Waals surface area contributed by atoms with E-state index in [4.69, 9.17) is 5.26 Å². The topological polar surface area (TPSA) is 27.0 Å². The molecule has 14 heavy (non-hydrogen) atoms. The van der Waals surface area contributed by atoms with Crippen molar-refractivity contribution in [1.82, 2.24) is 4.90 Å². The average Bonchev–Trinajstić information content (AvgIpc) is 2.27. The van der Waals surface area contributed by atoms with E-state index < -0.39 is 0 Å².